The lowest BCUT2D eigenvalue weighted by molar-refractivity contribution is 0.0732. The van der Waals surface area contributed by atoms with Crippen molar-refractivity contribution in [3.63, 3.8) is 0 Å². The summed E-state index contributed by atoms with van der Waals surface area (Å²) in [5, 5.41) is 29.6. The van der Waals surface area contributed by atoms with Crippen molar-refractivity contribution in [1.82, 2.24) is 10.2 Å². The highest BCUT2D eigenvalue weighted by atomic mass is 16.3. The van der Waals surface area contributed by atoms with Crippen LogP contribution in [0.5, 0.6) is 0 Å². The van der Waals surface area contributed by atoms with E-state index in [0.717, 1.165) is 11.1 Å². The van der Waals surface area contributed by atoms with Gasteiger partial charge in [0.05, 0.1) is 25.9 Å². The van der Waals surface area contributed by atoms with Gasteiger partial charge in [-0.15, -0.1) is 0 Å². The fourth-order valence-electron chi connectivity index (χ4n) is 1.61. The number of amides is 2. The van der Waals surface area contributed by atoms with Crippen LogP contribution in [-0.2, 0) is 13.2 Å². The van der Waals surface area contributed by atoms with Gasteiger partial charge < -0.3 is 25.5 Å². The van der Waals surface area contributed by atoms with Crippen molar-refractivity contribution in [1.29, 1.82) is 0 Å². The first-order valence-electron chi connectivity index (χ1n) is 6.03. The average Bonchev–Trinajstić information content (AvgIpc) is 2.44. The van der Waals surface area contributed by atoms with Crippen LogP contribution in [0.1, 0.15) is 11.1 Å². The zero-order valence-corrected chi connectivity index (χ0v) is 10.9. The Morgan fingerprint density at radius 3 is 2.68 bits per heavy atom. The van der Waals surface area contributed by atoms with Gasteiger partial charge in [0.2, 0.25) is 0 Å². The monoisotopic (exact) mass is 268 g/mol. The summed E-state index contributed by atoms with van der Waals surface area (Å²) in [5.74, 6) is 0. The first-order chi connectivity index (χ1) is 9.06. The second-order valence-corrected chi connectivity index (χ2v) is 4.35. The second kappa shape index (κ2) is 7.73. The number of benzene rings is 1. The lowest BCUT2D eigenvalue weighted by Crippen LogP contribution is -2.41. The van der Waals surface area contributed by atoms with Crippen molar-refractivity contribution in [2.75, 3.05) is 20.2 Å². The molecule has 0 aliphatic rings. The SMILES string of the molecule is CN(C[C@@H](O)CO)C(=O)NCc1cccc(CO)c1. The van der Waals surface area contributed by atoms with E-state index in [-0.39, 0.29) is 25.8 Å². The van der Waals surface area contributed by atoms with Gasteiger partial charge in [0, 0.05) is 13.6 Å². The third-order valence-corrected chi connectivity index (χ3v) is 2.66. The van der Waals surface area contributed by atoms with Gasteiger partial charge in [0.15, 0.2) is 0 Å². The summed E-state index contributed by atoms with van der Waals surface area (Å²) >= 11 is 0. The maximum absolute atomic E-state index is 11.7. The number of rotatable bonds is 6. The van der Waals surface area contributed by atoms with Gasteiger partial charge in [0.25, 0.3) is 0 Å². The van der Waals surface area contributed by atoms with Crippen molar-refractivity contribution >= 4 is 6.03 Å². The normalized spacial score (nSPS) is 12.0. The lowest BCUT2D eigenvalue weighted by Gasteiger charge is -2.20. The molecule has 1 aromatic rings. The minimum Gasteiger partial charge on any atom is -0.394 e. The molecule has 0 radical (unpaired) electrons. The van der Waals surface area contributed by atoms with Gasteiger partial charge in [-0.1, -0.05) is 24.3 Å². The first kappa shape index (κ1) is 15.4. The van der Waals surface area contributed by atoms with Crippen LogP contribution in [0.2, 0.25) is 0 Å². The minimum absolute atomic E-state index is 0.0373. The number of likely N-dealkylation sites (N-methyl/N-ethyl adjacent to an activating group) is 1. The topological polar surface area (TPSA) is 93.0 Å². The molecule has 106 valence electrons. The van der Waals surface area contributed by atoms with Crippen LogP contribution >= 0.6 is 0 Å². The molecule has 0 saturated carbocycles. The van der Waals surface area contributed by atoms with E-state index in [2.05, 4.69) is 5.32 Å². The number of carbonyl (C=O) groups excluding carboxylic acids is 1. The third kappa shape index (κ3) is 5.25. The summed E-state index contributed by atoms with van der Waals surface area (Å²) in [6.45, 7) is -0.00814. The molecule has 6 nitrogen and oxygen atoms in total. The minimum atomic E-state index is -0.937. The summed E-state index contributed by atoms with van der Waals surface area (Å²) in [5.41, 5.74) is 1.67. The molecule has 19 heavy (non-hydrogen) atoms. The number of nitrogens with one attached hydrogen (secondary N) is 1. The Morgan fingerprint density at radius 2 is 2.05 bits per heavy atom. The molecular formula is C13H20N2O4. The van der Waals surface area contributed by atoms with Crippen LogP contribution in [0.3, 0.4) is 0 Å². The molecule has 0 aliphatic carbocycles. The van der Waals surface area contributed by atoms with Crippen LogP contribution in [0, 0.1) is 0 Å². The molecule has 1 atom stereocenters. The van der Waals surface area contributed by atoms with E-state index in [1.807, 2.05) is 18.2 Å². The van der Waals surface area contributed by atoms with Gasteiger partial charge in [-0.2, -0.15) is 0 Å². The summed E-state index contributed by atoms with van der Waals surface area (Å²) in [7, 11) is 1.54. The Bertz CT molecular complexity index is 411. The number of carbonyl (C=O) groups is 1. The Balaban J connectivity index is 2.44. The van der Waals surface area contributed by atoms with Crippen LogP contribution in [-0.4, -0.2) is 52.6 Å². The number of nitrogens with zero attached hydrogens (tertiary/aromatic N) is 1. The van der Waals surface area contributed by atoms with E-state index < -0.39 is 6.10 Å². The van der Waals surface area contributed by atoms with Gasteiger partial charge in [-0.05, 0) is 11.1 Å². The molecule has 2 amide bonds. The highest BCUT2D eigenvalue weighted by Gasteiger charge is 2.12. The van der Waals surface area contributed by atoms with E-state index in [1.54, 1.807) is 13.1 Å². The smallest absolute Gasteiger partial charge is 0.317 e. The third-order valence-electron chi connectivity index (χ3n) is 2.66. The molecular weight excluding hydrogens is 248 g/mol. The highest BCUT2D eigenvalue weighted by molar-refractivity contribution is 5.73. The Labute approximate surface area is 112 Å². The van der Waals surface area contributed by atoms with E-state index in [0.29, 0.717) is 6.54 Å². The molecule has 0 heterocycles. The van der Waals surface area contributed by atoms with Gasteiger partial charge >= 0.3 is 6.03 Å². The predicted molar refractivity (Wildman–Crippen MR) is 70.3 cm³/mol. The maximum atomic E-state index is 11.7. The largest absolute Gasteiger partial charge is 0.394 e. The summed E-state index contributed by atoms with van der Waals surface area (Å²) in [6, 6.07) is 6.94. The fourth-order valence-corrected chi connectivity index (χ4v) is 1.61. The maximum Gasteiger partial charge on any atom is 0.317 e. The van der Waals surface area contributed by atoms with Gasteiger partial charge in [-0.3, -0.25) is 0 Å². The second-order valence-electron chi connectivity index (χ2n) is 4.35. The number of hydrogen-bond donors (Lipinski definition) is 4. The molecule has 0 aliphatic heterocycles. The average molecular weight is 268 g/mol. The number of aliphatic hydroxyl groups is 3. The van der Waals surface area contributed by atoms with Crippen molar-refractivity contribution < 1.29 is 20.1 Å². The predicted octanol–water partition coefficient (Wildman–Crippen LogP) is -0.327. The van der Waals surface area contributed by atoms with Crippen molar-refractivity contribution in [3.8, 4) is 0 Å². The van der Waals surface area contributed by atoms with E-state index in [4.69, 9.17) is 10.2 Å². The Hall–Kier alpha value is -1.63. The van der Waals surface area contributed by atoms with Crippen molar-refractivity contribution in [2.24, 2.45) is 0 Å². The fraction of sp³-hybridized carbons (Fsp3) is 0.462. The van der Waals surface area contributed by atoms with Crippen LogP contribution in [0.4, 0.5) is 4.79 Å². The molecule has 1 rings (SSSR count). The highest BCUT2D eigenvalue weighted by Crippen LogP contribution is 2.05. The lowest BCUT2D eigenvalue weighted by atomic mass is 10.1. The number of urea groups is 1. The van der Waals surface area contributed by atoms with Gasteiger partial charge in [-0.25, -0.2) is 4.79 Å². The van der Waals surface area contributed by atoms with Crippen LogP contribution in [0.25, 0.3) is 0 Å². The van der Waals surface area contributed by atoms with Gasteiger partial charge in [0.1, 0.15) is 0 Å². The Kier molecular flexibility index (Phi) is 6.27. The Morgan fingerprint density at radius 1 is 1.37 bits per heavy atom. The molecule has 4 N–H and O–H groups in total. The van der Waals surface area contributed by atoms with E-state index in [9.17, 15) is 9.90 Å². The first-order valence-corrected chi connectivity index (χ1v) is 6.03. The summed E-state index contributed by atoms with van der Waals surface area (Å²) < 4.78 is 0. The molecule has 6 heteroatoms. The van der Waals surface area contributed by atoms with Crippen LogP contribution < -0.4 is 5.32 Å². The summed E-state index contributed by atoms with van der Waals surface area (Å²) in [6.07, 6.45) is -0.937. The molecule has 0 aromatic heterocycles. The number of hydrogen-bond acceptors (Lipinski definition) is 4. The molecule has 0 saturated heterocycles. The molecule has 0 spiro atoms. The molecule has 0 unspecified atom stereocenters. The zero-order valence-electron chi connectivity index (χ0n) is 10.9. The van der Waals surface area contributed by atoms with Crippen LogP contribution in [0.15, 0.2) is 24.3 Å². The van der Waals surface area contributed by atoms with Crippen molar-refractivity contribution in [3.05, 3.63) is 35.4 Å². The number of aliphatic hydroxyl groups excluding tert-OH is 3. The molecule has 0 fully saturated rings. The molecule has 0 bridgehead atoms. The standard InChI is InChI=1S/C13H20N2O4/c1-15(7-12(18)9-17)13(19)14-6-10-3-2-4-11(5-10)8-16/h2-5,12,16-18H,6-9H2,1H3,(H,14,19)/t12-/m1/s1. The quantitative estimate of drug-likeness (QED) is 0.568. The van der Waals surface area contributed by atoms with E-state index >= 15 is 0 Å². The zero-order chi connectivity index (χ0) is 14.3. The molecule has 1 aromatic carbocycles. The summed E-state index contributed by atoms with van der Waals surface area (Å²) in [4.78, 5) is 13.0. The van der Waals surface area contributed by atoms with Crippen molar-refractivity contribution in [2.45, 2.75) is 19.3 Å². The van der Waals surface area contributed by atoms with E-state index in [1.165, 1.54) is 4.90 Å².